The maximum Gasteiger partial charge on any atom is 0.0744 e. The van der Waals surface area contributed by atoms with Gasteiger partial charge in [0.15, 0.2) is 0 Å². The molecule has 27 heavy (non-hydrogen) atoms. The third-order valence-corrected chi connectivity index (χ3v) is 6.32. The second-order valence-electron chi connectivity index (χ2n) is 7.55. The predicted molar refractivity (Wildman–Crippen MR) is 117 cm³/mol. The molecule has 1 saturated heterocycles. The average Bonchev–Trinajstić information content (AvgIpc) is 3.01. The van der Waals surface area contributed by atoms with Crippen LogP contribution < -0.4 is 5.32 Å². The highest BCUT2D eigenvalue weighted by molar-refractivity contribution is 7.99. The van der Waals surface area contributed by atoms with Crippen LogP contribution in [0.5, 0.6) is 0 Å². The highest BCUT2D eigenvalue weighted by Crippen LogP contribution is 2.36. The van der Waals surface area contributed by atoms with Crippen LogP contribution in [0, 0.1) is 20.8 Å². The minimum atomic E-state index is 0.277. The van der Waals surface area contributed by atoms with Gasteiger partial charge in [-0.05, 0) is 37.5 Å². The third kappa shape index (κ3) is 3.99. The lowest BCUT2D eigenvalue weighted by Gasteiger charge is -2.25. The van der Waals surface area contributed by atoms with E-state index in [1.54, 1.807) is 0 Å². The standard InChI is InChI=1S/C24H27N2S/c1-17-4-8-20(9-5-17)15-26-14-19(3)23(21-10-6-18(2)7-11-21)24(26)22-16-27-13-12-25-22/h4-11,14,22H,12-13,15-16H2,1-3H3. The highest BCUT2D eigenvalue weighted by Gasteiger charge is 2.25. The van der Waals surface area contributed by atoms with Crippen molar-refractivity contribution in [1.82, 2.24) is 9.88 Å². The maximum atomic E-state index is 4.99. The van der Waals surface area contributed by atoms with Crippen LogP contribution in [0.2, 0.25) is 0 Å². The molecular formula is C24H27N2S. The normalized spacial score (nSPS) is 17.2. The fourth-order valence-electron chi connectivity index (χ4n) is 3.87. The van der Waals surface area contributed by atoms with Crippen LogP contribution in [0.3, 0.4) is 0 Å². The summed E-state index contributed by atoms with van der Waals surface area (Å²) in [6, 6.07) is 18.1. The van der Waals surface area contributed by atoms with Crippen LogP contribution in [0.4, 0.5) is 0 Å². The zero-order chi connectivity index (χ0) is 18.8. The Morgan fingerprint density at radius 3 is 2.26 bits per heavy atom. The fourth-order valence-corrected chi connectivity index (χ4v) is 4.76. The molecule has 1 radical (unpaired) electrons. The van der Waals surface area contributed by atoms with E-state index in [0.29, 0.717) is 0 Å². The molecule has 0 N–H and O–H groups in total. The summed E-state index contributed by atoms with van der Waals surface area (Å²) in [5, 5.41) is 4.99. The first-order valence-corrected chi connectivity index (χ1v) is 10.8. The molecule has 2 nitrogen and oxygen atoms in total. The lowest BCUT2D eigenvalue weighted by molar-refractivity contribution is 0.542. The van der Waals surface area contributed by atoms with Crippen molar-refractivity contribution in [2.45, 2.75) is 33.4 Å². The lowest BCUT2D eigenvalue weighted by atomic mass is 9.98. The topological polar surface area (TPSA) is 19.0 Å². The summed E-state index contributed by atoms with van der Waals surface area (Å²) in [6.45, 7) is 8.38. The Morgan fingerprint density at radius 2 is 1.63 bits per heavy atom. The van der Waals surface area contributed by atoms with E-state index >= 15 is 0 Å². The van der Waals surface area contributed by atoms with Crippen LogP contribution in [-0.4, -0.2) is 22.6 Å². The van der Waals surface area contributed by atoms with Gasteiger partial charge in [0, 0.05) is 42.0 Å². The van der Waals surface area contributed by atoms with E-state index in [1.165, 1.54) is 39.1 Å². The van der Waals surface area contributed by atoms with Crippen molar-refractivity contribution >= 4 is 11.8 Å². The second-order valence-corrected chi connectivity index (χ2v) is 8.70. The fraction of sp³-hybridized carbons (Fsp3) is 0.333. The Balaban J connectivity index is 1.79. The molecule has 1 aromatic heterocycles. The van der Waals surface area contributed by atoms with Crippen molar-refractivity contribution < 1.29 is 0 Å². The Hall–Kier alpha value is -1.97. The first-order valence-electron chi connectivity index (χ1n) is 9.68. The summed E-state index contributed by atoms with van der Waals surface area (Å²) in [7, 11) is 0. The molecule has 1 aliphatic heterocycles. The average molecular weight is 376 g/mol. The van der Waals surface area contributed by atoms with Crippen molar-refractivity contribution in [3.05, 3.63) is 82.7 Å². The first kappa shape index (κ1) is 18.4. The number of thioether (sulfide) groups is 1. The van der Waals surface area contributed by atoms with Gasteiger partial charge in [0.2, 0.25) is 0 Å². The molecule has 1 aliphatic rings. The van der Waals surface area contributed by atoms with Gasteiger partial charge in [-0.15, -0.1) is 0 Å². The minimum absolute atomic E-state index is 0.277. The van der Waals surface area contributed by atoms with Crippen molar-refractivity contribution in [3.8, 4) is 11.1 Å². The molecular weight excluding hydrogens is 348 g/mol. The molecule has 3 aromatic rings. The SMILES string of the molecule is Cc1ccc(Cn2cc(C)c(-c3ccc(C)cc3)c2C2CSCC[N]2)cc1. The number of aromatic nitrogens is 1. The minimum Gasteiger partial charge on any atom is -0.345 e. The third-order valence-electron chi connectivity index (χ3n) is 5.30. The monoisotopic (exact) mass is 375 g/mol. The summed E-state index contributed by atoms with van der Waals surface area (Å²) in [6.07, 6.45) is 2.32. The Bertz CT molecular complexity index is 901. The predicted octanol–water partition coefficient (Wildman–Crippen LogP) is 5.52. The van der Waals surface area contributed by atoms with Crippen molar-refractivity contribution in [2.24, 2.45) is 0 Å². The van der Waals surface area contributed by atoms with Gasteiger partial charge in [-0.2, -0.15) is 11.8 Å². The smallest absolute Gasteiger partial charge is 0.0744 e. The highest BCUT2D eigenvalue weighted by atomic mass is 32.2. The summed E-state index contributed by atoms with van der Waals surface area (Å²) < 4.78 is 2.44. The van der Waals surface area contributed by atoms with E-state index in [4.69, 9.17) is 5.32 Å². The van der Waals surface area contributed by atoms with Crippen LogP contribution in [0.25, 0.3) is 11.1 Å². The van der Waals surface area contributed by atoms with E-state index in [1.807, 2.05) is 11.8 Å². The van der Waals surface area contributed by atoms with E-state index in [0.717, 1.165) is 24.6 Å². The number of nitrogens with zero attached hydrogens (tertiary/aromatic N) is 2. The zero-order valence-electron chi connectivity index (χ0n) is 16.4. The van der Waals surface area contributed by atoms with E-state index < -0.39 is 0 Å². The van der Waals surface area contributed by atoms with Gasteiger partial charge >= 0.3 is 0 Å². The van der Waals surface area contributed by atoms with E-state index in [9.17, 15) is 0 Å². The molecule has 0 bridgehead atoms. The zero-order valence-corrected chi connectivity index (χ0v) is 17.2. The Labute approximate surface area is 167 Å². The molecule has 2 aromatic carbocycles. The molecule has 139 valence electrons. The Kier molecular flexibility index (Phi) is 5.42. The van der Waals surface area contributed by atoms with E-state index in [2.05, 4.69) is 80.1 Å². The van der Waals surface area contributed by atoms with Gasteiger partial charge in [-0.3, -0.25) is 0 Å². The molecule has 4 rings (SSSR count). The van der Waals surface area contributed by atoms with Crippen LogP contribution >= 0.6 is 11.8 Å². The first-order chi connectivity index (χ1) is 13.1. The van der Waals surface area contributed by atoms with Crippen LogP contribution in [0.15, 0.2) is 54.7 Å². The van der Waals surface area contributed by atoms with Crippen LogP contribution in [-0.2, 0) is 6.54 Å². The molecule has 3 heteroatoms. The number of hydrogen-bond acceptors (Lipinski definition) is 1. The molecule has 0 amide bonds. The van der Waals surface area contributed by atoms with Crippen molar-refractivity contribution in [1.29, 1.82) is 0 Å². The number of benzene rings is 2. The molecule has 1 fully saturated rings. The lowest BCUT2D eigenvalue weighted by Crippen LogP contribution is -2.26. The molecule has 1 atom stereocenters. The summed E-state index contributed by atoms with van der Waals surface area (Å²) >= 11 is 2.02. The molecule has 2 heterocycles. The maximum absolute atomic E-state index is 4.99. The quantitative estimate of drug-likeness (QED) is 0.587. The molecule has 0 spiro atoms. The Morgan fingerprint density at radius 1 is 0.963 bits per heavy atom. The van der Waals surface area contributed by atoms with Gasteiger partial charge < -0.3 is 4.57 Å². The summed E-state index contributed by atoms with van der Waals surface area (Å²) in [4.78, 5) is 0. The number of aryl methyl sites for hydroxylation is 3. The van der Waals surface area contributed by atoms with Gasteiger partial charge in [0.1, 0.15) is 0 Å². The van der Waals surface area contributed by atoms with Crippen LogP contribution in [0.1, 0.15) is 34.0 Å². The number of hydrogen-bond donors (Lipinski definition) is 0. The van der Waals surface area contributed by atoms with Gasteiger partial charge in [0.25, 0.3) is 0 Å². The second kappa shape index (κ2) is 7.95. The summed E-state index contributed by atoms with van der Waals surface area (Å²) in [5.41, 5.74) is 9.35. The van der Waals surface area contributed by atoms with Crippen molar-refractivity contribution in [3.63, 3.8) is 0 Å². The van der Waals surface area contributed by atoms with Gasteiger partial charge in [0.05, 0.1) is 6.04 Å². The van der Waals surface area contributed by atoms with E-state index in [-0.39, 0.29) is 6.04 Å². The van der Waals surface area contributed by atoms with Gasteiger partial charge in [-0.25, -0.2) is 5.32 Å². The molecule has 0 saturated carbocycles. The largest absolute Gasteiger partial charge is 0.345 e. The summed E-state index contributed by atoms with van der Waals surface area (Å²) in [5.74, 6) is 2.23. The number of rotatable bonds is 4. The van der Waals surface area contributed by atoms with Gasteiger partial charge in [-0.1, -0.05) is 59.7 Å². The molecule has 1 unspecified atom stereocenters. The molecule has 0 aliphatic carbocycles. The van der Waals surface area contributed by atoms with Crippen molar-refractivity contribution in [2.75, 3.05) is 18.1 Å².